The van der Waals surface area contributed by atoms with E-state index in [2.05, 4.69) is 36.3 Å². The van der Waals surface area contributed by atoms with Crippen LogP contribution in [0.25, 0.3) is 10.2 Å². The third-order valence-electron chi connectivity index (χ3n) is 4.69. The number of hydrogen-bond donors (Lipinski definition) is 0. The van der Waals surface area contributed by atoms with Crippen LogP contribution in [0.5, 0.6) is 0 Å². The van der Waals surface area contributed by atoms with Crippen molar-refractivity contribution < 1.29 is 14.3 Å². The van der Waals surface area contributed by atoms with Crippen molar-refractivity contribution in [1.82, 2.24) is 14.7 Å². The van der Waals surface area contributed by atoms with Gasteiger partial charge in [0.1, 0.15) is 4.83 Å². The fourth-order valence-corrected chi connectivity index (χ4v) is 4.19. The highest BCUT2D eigenvalue weighted by Crippen LogP contribution is 2.29. The molecule has 2 aromatic heterocycles. The van der Waals surface area contributed by atoms with Crippen LogP contribution in [0.4, 0.5) is 0 Å². The van der Waals surface area contributed by atoms with E-state index >= 15 is 0 Å². The van der Waals surface area contributed by atoms with Crippen molar-refractivity contribution in [1.29, 1.82) is 0 Å². The van der Waals surface area contributed by atoms with Gasteiger partial charge in [-0.3, -0.25) is 9.48 Å². The van der Waals surface area contributed by atoms with Crippen LogP contribution in [0.2, 0.25) is 0 Å². The third-order valence-corrected chi connectivity index (χ3v) is 5.83. The number of nitrogens with zero attached hydrogens (tertiary/aromatic N) is 3. The molecule has 0 fully saturated rings. The molecule has 0 unspecified atom stereocenters. The van der Waals surface area contributed by atoms with E-state index in [1.54, 1.807) is 19.1 Å². The average molecular weight is 402 g/mol. The highest BCUT2D eigenvalue weighted by molar-refractivity contribution is 7.20. The number of methoxy groups -OCH3 is 2. The lowest BCUT2D eigenvalue weighted by atomic mass is 10.1. The number of carbonyl (C=O) groups is 1. The number of amides is 1. The Morgan fingerprint density at radius 3 is 2.36 bits per heavy atom. The summed E-state index contributed by atoms with van der Waals surface area (Å²) in [7, 11) is 3.28. The van der Waals surface area contributed by atoms with E-state index < -0.39 is 0 Å². The minimum atomic E-state index is 0.0107. The summed E-state index contributed by atoms with van der Waals surface area (Å²) in [6, 6.07) is 10.4. The highest BCUT2D eigenvalue weighted by atomic mass is 32.1. The van der Waals surface area contributed by atoms with Crippen LogP contribution in [0.3, 0.4) is 0 Å². The van der Waals surface area contributed by atoms with E-state index in [-0.39, 0.29) is 5.91 Å². The van der Waals surface area contributed by atoms with Gasteiger partial charge in [0, 0.05) is 32.7 Å². The van der Waals surface area contributed by atoms with Gasteiger partial charge in [0.2, 0.25) is 0 Å². The lowest BCUT2D eigenvalue weighted by Crippen LogP contribution is -2.36. The fourth-order valence-electron chi connectivity index (χ4n) is 3.07. The van der Waals surface area contributed by atoms with Crippen LogP contribution in [0.15, 0.2) is 30.3 Å². The van der Waals surface area contributed by atoms with Gasteiger partial charge >= 0.3 is 0 Å². The Kier molecular flexibility index (Phi) is 6.83. The highest BCUT2D eigenvalue weighted by Gasteiger charge is 2.21. The van der Waals surface area contributed by atoms with Gasteiger partial charge in [0.15, 0.2) is 0 Å². The van der Waals surface area contributed by atoms with Crippen LogP contribution < -0.4 is 0 Å². The fraction of sp³-hybridized carbons (Fsp3) is 0.429. The molecule has 0 N–H and O–H groups in total. The van der Waals surface area contributed by atoms with E-state index in [4.69, 9.17) is 9.47 Å². The lowest BCUT2D eigenvalue weighted by molar-refractivity contribution is 0.0632. The summed E-state index contributed by atoms with van der Waals surface area (Å²) < 4.78 is 12.3. The predicted molar refractivity (Wildman–Crippen MR) is 112 cm³/mol. The zero-order valence-corrected chi connectivity index (χ0v) is 17.7. The Hall–Kier alpha value is -2.22. The van der Waals surface area contributed by atoms with Crippen LogP contribution in [-0.4, -0.2) is 61.1 Å². The molecule has 0 aliphatic carbocycles. The maximum atomic E-state index is 13.0. The quantitative estimate of drug-likeness (QED) is 0.551. The standard InChI is InChI=1S/C21H27N3O3S/c1-15-5-7-17(8-6-15)14-24-21-18(16(2)22-24)13-19(28-21)20(25)23(9-11-26-3)10-12-27-4/h5-8,13H,9-12,14H2,1-4H3. The molecular weight excluding hydrogens is 374 g/mol. The van der Waals surface area contributed by atoms with Gasteiger partial charge in [0.25, 0.3) is 5.91 Å². The summed E-state index contributed by atoms with van der Waals surface area (Å²) in [6.07, 6.45) is 0. The molecule has 3 aromatic rings. The Labute approximate surface area is 169 Å². The maximum absolute atomic E-state index is 13.0. The number of ether oxygens (including phenoxy) is 2. The van der Waals surface area contributed by atoms with Gasteiger partial charge in [-0.05, 0) is 25.5 Å². The van der Waals surface area contributed by atoms with E-state index in [1.807, 2.05) is 17.7 Å². The number of hydrogen-bond acceptors (Lipinski definition) is 5. The molecule has 0 radical (unpaired) electrons. The molecule has 28 heavy (non-hydrogen) atoms. The van der Waals surface area contributed by atoms with Crippen molar-refractivity contribution in [3.63, 3.8) is 0 Å². The van der Waals surface area contributed by atoms with Crippen LogP contribution in [-0.2, 0) is 16.0 Å². The topological polar surface area (TPSA) is 56.6 Å². The first-order chi connectivity index (χ1) is 13.5. The molecule has 6 nitrogen and oxygen atoms in total. The Morgan fingerprint density at radius 2 is 1.75 bits per heavy atom. The first-order valence-electron chi connectivity index (χ1n) is 9.33. The zero-order valence-electron chi connectivity index (χ0n) is 16.9. The summed E-state index contributed by atoms with van der Waals surface area (Å²) >= 11 is 1.50. The first-order valence-corrected chi connectivity index (χ1v) is 10.1. The summed E-state index contributed by atoms with van der Waals surface area (Å²) in [5, 5.41) is 5.71. The smallest absolute Gasteiger partial charge is 0.264 e. The normalized spacial score (nSPS) is 11.3. The molecule has 0 aliphatic rings. The van der Waals surface area contributed by atoms with Gasteiger partial charge in [-0.25, -0.2) is 0 Å². The lowest BCUT2D eigenvalue weighted by Gasteiger charge is -2.21. The molecule has 0 saturated heterocycles. The number of aromatic nitrogens is 2. The number of fused-ring (bicyclic) bond motifs is 1. The molecule has 2 heterocycles. The molecule has 1 aromatic carbocycles. The average Bonchev–Trinajstić information content (AvgIpc) is 3.25. The molecule has 0 atom stereocenters. The summed E-state index contributed by atoms with van der Waals surface area (Å²) in [6.45, 7) is 6.85. The maximum Gasteiger partial charge on any atom is 0.264 e. The molecule has 3 rings (SSSR count). The van der Waals surface area contributed by atoms with Crippen LogP contribution >= 0.6 is 11.3 Å². The molecule has 0 aliphatic heterocycles. The van der Waals surface area contributed by atoms with Crippen molar-refractivity contribution in [3.05, 3.63) is 52.0 Å². The monoisotopic (exact) mass is 401 g/mol. The van der Waals surface area contributed by atoms with Crippen molar-refractivity contribution in [3.8, 4) is 0 Å². The first kappa shape index (κ1) is 20.5. The van der Waals surface area contributed by atoms with Gasteiger partial charge in [-0.2, -0.15) is 5.10 Å². The number of rotatable bonds is 9. The summed E-state index contributed by atoms with van der Waals surface area (Å²) in [5.41, 5.74) is 3.37. The molecule has 1 amide bonds. The number of thiophene rings is 1. The van der Waals surface area contributed by atoms with Crippen LogP contribution in [0.1, 0.15) is 26.5 Å². The third kappa shape index (κ3) is 4.60. The molecule has 0 saturated carbocycles. The molecular formula is C21H27N3O3S. The second kappa shape index (κ2) is 9.32. The number of benzene rings is 1. The molecule has 0 bridgehead atoms. The summed E-state index contributed by atoms with van der Waals surface area (Å²) in [4.78, 5) is 16.6. The Bertz CT molecular complexity index is 922. The molecule has 150 valence electrons. The second-order valence-corrected chi connectivity index (χ2v) is 7.87. The zero-order chi connectivity index (χ0) is 20.1. The van der Waals surface area contributed by atoms with Gasteiger partial charge in [-0.1, -0.05) is 29.8 Å². The van der Waals surface area contributed by atoms with E-state index in [0.717, 1.165) is 20.8 Å². The Morgan fingerprint density at radius 1 is 1.11 bits per heavy atom. The summed E-state index contributed by atoms with van der Waals surface area (Å²) in [5.74, 6) is 0.0107. The minimum Gasteiger partial charge on any atom is -0.383 e. The molecule has 0 spiro atoms. The van der Waals surface area contributed by atoms with Crippen molar-refractivity contribution in [2.45, 2.75) is 20.4 Å². The van der Waals surface area contributed by atoms with E-state index in [0.29, 0.717) is 32.8 Å². The van der Waals surface area contributed by atoms with Crippen molar-refractivity contribution in [2.75, 3.05) is 40.5 Å². The Balaban J connectivity index is 1.86. The van der Waals surface area contributed by atoms with Crippen LogP contribution in [0, 0.1) is 13.8 Å². The van der Waals surface area contributed by atoms with Crippen molar-refractivity contribution in [2.24, 2.45) is 0 Å². The van der Waals surface area contributed by atoms with E-state index in [9.17, 15) is 4.79 Å². The predicted octanol–water partition coefficient (Wildman–Crippen LogP) is 3.50. The molecule has 7 heteroatoms. The number of carbonyl (C=O) groups excluding carboxylic acids is 1. The second-order valence-electron chi connectivity index (χ2n) is 6.84. The SMILES string of the molecule is COCCN(CCOC)C(=O)c1cc2c(C)nn(Cc3ccc(C)cc3)c2s1. The largest absolute Gasteiger partial charge is 0.383 e. The van der Waals surface area contributed by atoms with Gasteiger partial charge < -0.3 is 14.4 Å². The van der Waals surface area contributed by atoms with Crippen molar-refractivity contribution >= 4 is 27.5 Å². The number of aryl methyl sites for hydroxylation is 2. The van der Waals surface area contributed by atoms with E-state index in [1.165, 1.54) is 22.5 Å². The minimum absolute atomic E-state index is 0.0107. The van der Waals surface area contributed by atoms with Gasteiger partial charge in [-0.15, -0.1) is 11.3 Å². The van der Waals surface area contributed by atoms with Gasteiger partial charge in [0.05, 0.1) is 30.3 Å².